The molecular weight excluding hydrogens is 406 g/mol. The third kappa shape index (κ3) is 6.03. The van der Waals surface area contributed by atoms with E-state index < -0.39 is 6.10 Å². The maximum Gasteiger partial charge on any atom is 0.210 e. The van der Waals surface area contributed by atoms with Crippen molar-refractivity contribution in [2.24, 2.45) is 0 Å². The number of ketones is 1. The second kappa shape index (κ2) is 9.87. The highest BCUT2D eigenvalue weighted by atomic mass is 32.2. The Morgan fingerprint density at radius 2 is 1.97 bits per heavy atom. The molecule has 6 nitrogen and oxygen atoms in total. The summed E-state index contributed by atoms with van der Waals surface area (Å²) in [7, 11) is 0. The highest BCUT2D eigenvalue weighted by molar-refractivity contribution is 8.01. The van der Waals surface area contributed by atoms with Crippen molar-refractivity contribution in [3.63, 3.8) is 0 Å². The summed E-state index contributed by atoms with van der Waals surface area (Å²) in [5, 5.41) is 22.5. The summed E-state index contributed by atoms with van der Waals surface area (Å²) in [4.78, 5) is 11.3. The number of aliphatic hydroxyl groups is 1. The van der Waals surface area contributed by atoms with Gasteiger partial charge in [0, 0.05) is 17.0 Å². The maximum atomic E-state index is 11.3. The number of aliphatic hydroxyl groups excluding tert-OH is 1. The van der Waals surface area contributed by atoms with Gasteiger partial charge in [0.1, 0.15) is 12.4 Å². The molecule has 29 heavy (non-hydrogen) atoms. The van der Waals surface area contributed by atoms with Gasteiger partial charge in [-0.25, -0.2) is 0 Å². The summed E-state index contributed by atoms with van der Waals surface area (Å²) < 4.78 is 6.36. The average Bonchev–Trinajstić information content (AvgIpc) is 3.16. The molecule has 0 amide bonds. The number of aromatic nitrogens is 2. The molecule has 0 radical (unpaired) electrons. The fourth-order valence-corrected chi connectivity index (χ4v) is 4.21. The quantitative estimate of drug-likeness (QED) is 0.379. The average molecular weight is 430 g/mol. The molecule has 0 spiro atoms. The molecule has 1 atom stereocenters. The van der Waals surface area contributed by atoms with Crippen LogP contribution in [-0.4, -0.2) is 39.6 Å². The SMILES string of the molecule is CC(=O)c1ccc(OC[C@H](O)CSc2nnc(Nc3cccc(C)c3C)s2)cc1. The number of carbonyl (C=O) groups is 1. The number of nitrogens with zero attached hydrogens (tertiary/aromatic N) is 2. The summed E-state index contributed by atoms with van der Waals surface area (Å²) in [5.74, 6) is 1.08. The Morgan fingerprint density at radius 1 is 1.21 bits per heavy atom. The lowest BCUT2D eigenvalue weighted by Crippen LogP contribution is -2.20. The first-order valence-electron chi connectivity index (χ1n) is 9.14. The number of hydrogen-bond acceptors (Lipinski definition) is 8. The van der Waals surface area contributed by atoms with Crippen LogP contribution in [0.5, 0.6) is 5.75 Å². The topological polar surface area (TPSA) is 84.3 Å². The molecule has 1 aromatic heterocycles. The van der Waals surface area contributed by atoms with Crippen LogP contribution in [0, 0.1) is 13.8 Å². The smallest absolute Gasteiger partial charge is 0.210 e. The Labute approximate surface area is 178 Å². The highest BCUT2D eigenvalue weighted by Crippen LogP contribution is 2.29. The van der Waals surface area contributed by atoms with Gasteiger partial charge >= 0.3 is 0 Å². The van der Waals surface area contributed by atoms with E-state index in [-0.39, 0.29) is 12.4 Å². The molecule has 2 aromatic carbocycles. The molecule has 0 aliphatic carbocycles. The van der Waals surface area contributed by atoms with Gasteiger partial charge in [0.25, 0.3) is 0 Å². The van der Waals surface area contributed by atoms with Crippen molar-refractivity contribution in [3.8, 4) is 5.75 Å². The molecule has 0 saturated carbocycles. The molecule has 0 fully saturated rings. The zero-order valence-electron chi connectivity index (χ0n) is 16.5. The first-order valence-corrected chi connectivity index (χ1v) is 10.9. The predicted molar refractivity (Wildman–Crippen MR) is 118 cm³/mol. The number of carbonyl (C=O) groups excluding carboxylic acids is 1. The predicted octanol–water partition coefficient (Wildman–Crippen LogP) is 4.63. The molecular formula is C21H23N3O3S2. The van der Waals surface area contributed by atoms with E-state index in [0.29, 0.717) is 17.1 Å². The van der Waals surface area contributed by atoms with Gasteiger partial charge < -0.3 is 15.2 Å². The van der Waals surface area contributed by atoms with E-state index in [0.717, 1.165) is 15.2 Å². The summed E-state index contributed by atoms with van der Waals surface area (Å²) in [6, 6.07) is 13.0. The third-order valence-corrected chi connectivity index (χ3v) is 6.47. The lowest BCUT2D eigenvalue weighted by molar-refractivity contribution is 0.101. The van der Waals surface area contributed by atoms with E-state index >= 15 is 0 Å². The van der Waals surface area contributed by atoms with Crippen LogP contribution in [0.4, 0.5) is 10.8 Å². The molecule has 2 N–H and O–H groups in total. The van der Waals surface area contributed by atoms with Crippen LogP contribution in [0.25, 0.3) is 0 Å². The van der Waals surface area contributed by atoms with Crippen LogP contribution in [0.3, 0.4) is 0 Å². The molecule has 3 rings (SSSR count). The van der Waals surface area contributed by atoms with Gasteiger partial charge in [0.15, 0.2) is 10.1 Å². The van der Waals surface area contributed by atoms with Gasteiger partial charge in [-0.15, -0.1) is 10.2 Å². The Kier molecular flexibility index (Phi) is 7.24. The molecule has 0 aliphatic heterocycles. The molecule has 1 heterocycles. The van der Waals surface area contributed by atoms with E-state index in [1.165, 1.54) is 41.1 Å². The normalized spacial score (nSPS) is 11.9. The van der Waals surface area contributed by atoms with Crippen molar-refractivity contribution < 1.29 is 14.6 Å². The van der Waals surface area contributed by atoms with Gasteiger partial charge in [0.05, 0.1) is 6.10 Å². The van der Waals surface area contributed by atoms with E-state index in [9.17, 15) is 9.90 Å². The number of nitrogens with one attached hydrogen (secondary N) is 1. The maximum absolute atomic E-state index is 11.3. The molecule has 152 valence electrons. The van der Waals surface area contributed by atoms with E-state index in [2.05, 4.69) is 35.4 Å². The van der Waals surface area contributed by atoms with Gasteiger partial charge in [-0.3, -0.25) is 4.79 Å². The van der Waals surface area contributed by atoms with Gasteiger partial charge in [-0.1, -0.05) is 35.2 Å². The van der Waals surface area contributed by atoms with E-state index in [1.807, 2.05) is 12.1 Å². The summed E-state index contributed by atoms with van der Waals surface area (Å²) >= 11 is 2.89. The third-order valence-electron chi connectivity index (χ3n) is 4.36. The minimum Gasteiger partial charge on any atom is -0.491 e. The Bertz CT molecular complexity index is 974. The van der Waals surface area contributed by atoms with Crippen LogP contribution in [0.1, 0.15) is 28.4 Å². The first-order chi connectivity index (χ1) is 13.9. The lowest BCUT2D eigenvalue weighted by atomic mass is 10.1. The number of aryl methyl sites for hydroxylation is 1. The van der Waals surface area contributed by atoms with Crippen molar-refractivity contribution in [1.29, 1.82) is 0 Å². The minimum absolute atomic E-state index is 0.0106. The van der Waals surface area contributed by atoms with E-state index in [1.54, 1.807) is 24.3 Å². The van der Waals surface area contributed by atoms with Crippen molar-refractivity contribution in [2.45, 2.75) is 31.2 Å². The van der Waals surface area contributed by atoms with Crippen molar-refractivity contribution in [3.05, 3.63) is 59.2 Å². The summed E-state index contributed by atoms with van der Waals surface area (Å²) in [5.41, 5.74) is 4.05. The van der Waals surface area contributed by atoms with Crippen LogP contribution in [0.15, 0.2) is 46.8 Å². The van der Waals surface area contributed by atoms with Crippen LogP contribution < -0.4 is 10.1 Å². The summed E-state index contributed by atoms with van der Waals surface area (Å²) in [6.45, 7) is 5.83. The van der Waals surface area contributed by atoms with Gasteiger partial charge in [-0.2, -0.15) is 0 Å². The van der Waals surface area contributed by atoms with E-state index in [4.69, 9.17) is 4.74 Å². The Hall–Kier alpha value is -2.42. The van der Waals surface area contributed by atoms with Gasteiger partial charge in [-0.05, 0) is 62.2 Å². The van der Waals surface area contributed by atoms with Crippen LogP contribution in [-0.2, 0) is 0 Å². The minimum atomic E-state index is -0.646. The first kappa shape index (κ1) is 21.3. The van der Waals surface area contributed by atoms with Gasteiger partial charge in [0.2, 0.25) is 5.13 Å². The fourth-order valence-electron chi connectivity index (χ4n) is 2.51. The number of Topliss-reactive ketones (excluding diaryl/α,β-unsaturated/α-hetero) is 1. The largest absolute Gasteiger partial charge is 0.491 e. The molecule has 0 saturated heterocycles. The van der Waals surface area contributed by atoms with Crippen molar-refractivity contribution >= 4 is 39.7 Å². The lowest BCUT2D eigenvalue weighted by Gasteiger charge is -2.11. The molecule has 0 unspecified atom stereocenters. The number of anilines is 2. The second-order valence-electron chi connectivity index (χ2n) is 6.60. The summed E-state index contributed by atoms with van der Waals surface area (Å²) in [6.07, 6.45) is -0.646. The Balaban J connectivity index is 1.46. The second-order valence-corrected chi connectivity index (χ2v) is 8.85. The molecule has 0 bridgehead atoms. The monoisotopic (exact) mass is 429 g/mol. The molecule has 8 heteroatoms. The zero-order chi connectivity index (χ0) is 20.8. The zero-order valence-corrected chi connectivity index (χ0v) is 18.1. The number of thioether (sulfide) groups is 1. The molecule has 0 aliphatic rings. The molecule has 3 aromatic rings. The number of ether oxygens (including phenoxy) is 1. The fraction of sp³-hybridized carbons (Fsp3) is 0.286. The van der Waals surface area contributed by atoms with Crippen molar-refractivity contribution in [2.75, 3.05) is 17.7 Å². The highest BCUT2D eigenvalue weighted by Gasteiger charge is 2.11. The standard InChI is InChI=1S/C21H23N3O3S2/c1-13-5-4-6-19(14(13)2)22-20-23-24-21(29-20)28-12-17(26)11-27-18-9-7-16(8-10-18)15(3)25/h4-10,17,26H,11-12H2,1-3H3,(H,22,23)/t17-/m0/s1. The number of rotatable bonds is 9. The Morgan fingerprint density at radius 3 is 2.69 bits per heavy atom. The van der Waals surface area contributed by atoms with Crippen LogP contribution >= 0.6 is 23.1 Å². The van der Waals surface area contributed by atoms with Crippen molar-refractivity contribution in [1.82, 2.24) is 10.2 Å². The van der Waals surface area contributed by atoms with Crippen LogP contribution in [0.2, 0.25) is 0 Å². The number of hydrogen-bond donors (Lipinski definition) is 2. The number of benzene rings is 2.